The van der Waals surface area contributed by atoms with E-state index in [2.05, 4.69) is 22.7 Å². The van der Waals surface area contributed by atoms with Crippen LogP contribution in [0.2, 0.25) is 0 Å². The molecule has 0 unspecified atom stereocenters. The third-order valence-corrected chi connectivity index (χ3v) is 4.91. The molecule has 0 aliphatic heterocycles. The minimum absolute atomic E-state index is 0.00281. The highest BCUT2D eigenvalue weighted by molar-refractivity contribution is 7.78. The summed E-state index contributed by atoms with van der Waals surface area (Å²) >= 11 is 4.18. The molecule has 0 radical (unpaired) electrons. The van der Waals surface area contributed by atoms with Crippen LogP contribution in [-0.2, 0) is 9.53 Å². The topological polar surface area (TPSA) is 70.9 Å². The Morgan fingerprint density at radius 3 is 2.27 bits per heavy atom. The van der Waals surface area contributed by atoms with Crippen molar-refractivity contribution < 1.29 is 14.3 Å². The maximum atomic E-state index is 12.9. The molecule has 1 heterocycles. The van der Waals surface area contributed by atoms with E-state index < -0.39 is 0 Å². The Bertz CT molecular complexity index is 840. The van der Waals surface area contributed by atoms with Crippen LogP contribution >= 0.6 is 12.8 Å². The summed E-state index contributed by atoms with van der Waals surface area (Å²) in [7, 11) is 6.91. The number of methoxy groups -OCH3 is 1. The number of carbonyl (C=O) groups excluding carboxylic acids is 2. The number of aromatic nitrogens is 2. The quantitative estimate of drug-likeness (QED) is 0.677. The number of thiol groups is 1. The number of amides is 2. The van der Waals surface area contributed by atoms with Crippen molar-refractivity contribution >= 4 is 36.0 Å². The second-order valence-electron chi connectivity index (χ2n) is 6.82. The Morgan fingerprint density at radius 1 is 1.13 bits per heavy atom. The number of ether oxygens (including phenoxy) is 1. The molecule has 0 saturated heterocycles. The fourth-order valence-electron chi connectivity index (χ4n) is 2.70. The molecule has 166 valence electrons. The molecule has 0 atom stereocenters. The maximum absolute atomic E-state index is 12.9. The Balaban J connectivity index is 0.00000141. The maximum Gasteiger partial charge on any atom is 0.277 e. The largest absolute Gasteiger partial charge is 0.388 e. The summed E-state index contributed by atoms with van der Waals surface area (Å²) in [5, 5.41) is 3.95. The van der Waals surface area contributed by atoms with E-state index in [0.29, 0.717) is 18.8 Å². The van der Waals surface area contributed by atoms with Gasteiger partial charge in [0.05, 0.1) is 12.7 Å². The normalized spacial score (nSPS) is 10.4. The molecule has 1 aromatic heterocycles. The first-order valence-electron chi connectivity index (χ1n) is 9.72. The van der Waals surface area contributed by atoms with Crippen molar-refractivity contribution in [3.63, 3.8) is 0 Å². The third kappa shape index (κ3) is 6.58. The van der Waals surface area contributed by atoms with Gasteiger partial charge in [-0.1, -0.05) is 13.0 Å². The van der Waals surface area contributed by atoms with Gasteiger partial charge in [-0.2, -0.15) is 5.10 Å². The van der Waals surface area contributed by atoms with E-state index >= 15 is 0 Å². The van der Waals surface area contributed by atoms with Crippen LogP contribution in [0, 0.1) is 6.92 Å². The first-order chi connectivity index (χ1) is 14.2. The molecule has 0 fully saturated rings. The summed E-state index contributed by atoms with van der Waals surface area (Å²) in [6, 6.07) is 7.32. The van der Waals surface area contributed by atoms with Gasteiger partial charge in [-0.05, 0) is 64.0 Å². The SMILES string of the molecule is CCN(C)CC(=O)N(C)c1ccc(C)c(N(CC)C(=O)c2ccnn2S)c1.COC. The Hall–Kier alpha value is -2.36. The van der Waals surface area contributed by atoms with E-state index in [1.807, 2.05) is 50.9 Å². The smallest absolute Gasteiger partial charge is 0.277 e. The van der Waals surface area contributed by atoms with Crippen LogP contribution in [-0.4, -0.2) is 73.8 Å². The van der Waals surface area contributed by atoms with Gasteiger partial charge < -0.3 is 14.5 Å². The molecular formula is C21H33N5O3S. The molecule has 0 saturated carbocycles. The lowest BCUT2D eigenvalue weighted by Gasteiger charge is -2.26. The third-order valence-electron chi connectivity index (χ3n) is 4.59. The van der Waals surface area contributed by atoms with Crippen molar-refractivity contribution in [2.45, 2.75) is 20.8 Å². The monoisotopic (exact) mass is 435 g/mol. The lowest BCUT2D eigenvalue weighted by Crippen LogP contribution is -2.37. The molecule has 9 heteroatoms. The average Bonchev–Trinajstić information content (AvgIpc) is 3.15. The summed E-state index contributed by atoms with van der Waals surface area (Å²) in [4.78, 5) is 30.7. The zero-order valence-corrected chi connectivity index (χ0v) is 19.8. The number of aryl methyl sites for hydroxylation is 1. The number of rotatable bonds is 7. The highest BCUT2D eigenvalue weighted by Gasteiger charge is 2.22. The summed E-state index contributed by atoms with van der Waals surface area (Å²) < 4.78 is 5.51. The molecule has 2 aromatic rings. The number of likely N-dealkylation sites (N-methyl/N-ethyl adjacent to an activating group) is 2. The molecule has 1 aromatic carbocycles. The molecular weight excluding hydrogens is 402 g/mol. The minimum atomic E-state index is -0.190. The van der Waals surface area contributed by atoms with Crippen LogP contribution in [0.1, 0.15) is 29.9 Å². The van der Waals surface area contributed by atoms with Crippen molar-refractivity contribution in [1.82, 2.24) is 14.1 Å². The average molecular weight is 436 g/mol. The standard InChI is InChI=1S/C19H27N5O2S.C2H6O/c1-6-21(4)13-18(25)22(5)15-9-8-14(3)17(12-15)23(7-2)19(26)16-10-11-20-24(16)27;1-3-2/h8-12,27H,6-7,13H2,1-5H3;1-2H3. The van der Waals surface area contributed by atoms with Crippen molar-refractivity contribution in [3.8, 4) is 0 Å². The van der Waals surface area contributed by atoms with E-state index in [1.165, 1.54) is 10.3 Å². The lowest BCUT2D eigenvalue weighted by molar-refractivity contribution is -0.119. The van der Waals surface area contributed by atoms with Gasteiger partial charge in [0, 0.05) is 39.2 Å². The van der Waals surface area contributed by atoms with E-state index in [-0.39, 0.29) is 11.8 Å². The van der Waals surface area contributed by atoms with Gasteiger partial charge in [0.1, 0.15) is 5.69 Å². The predicted molar refractivity (Wildman–Crippen MR) is 125 cm³/mol. The molecule has 2 rings (SSSR count). The number of hydrogen-bond acceptors (Lipinski definition) is 6. The summed E-state index contributed by atoms with van der Waals surface area (Å²) in [6.07, 6.45) is 1.54. The fourth-order valence-corrected chi connectivity index (χ4v) is 2.92. The second kappa shape index (κ2) is 12.4. The minimum Gasteiger partial charge on any atom is -0.388 e. The second-order valence-corrected chi connectivity index (χ2v) is 7.20. The molecule has 0 N–H and O–H groups in total. The molecule has 0 aliphatic carbocycles. The van der Waals surface area contributed by atoms with Crippen LogP contribution < -0.4 is 9.80 Å². The van der Waals surface area contributed by atoms with E-state index in [1.54, 1.807) is 37.1 Å². The van der Waals surface area contributed by atoms with Gasteiger partial charge in [0.25, 0.3) is 5.91 Å². The molecule has 2 amide bonds. The lowest BCUT2D eigenvalue weighted by atomic mass is 10.1. The number of benzene rings is 1. The van der Waals surface area contributed by atoms with Crippen molar-refractivity contribution in [2.75, 3.05) is 57.7 Å². The Kier molecular flexibility index (Phi) is 10.6. The summed E-state index contributed by atoms with van der Waals surface area (Å²) in [6.45, 7) is 7.49. The van der Waals surface area contributed by atoms with Gasteiger partial charge in [0.15, 0.2) is 0 Å². The highest BCUT2D eigenvalue weighted by Crippen LogP contribution is 2.27. The number of carbonyl (C=O) groups is 2. The van der Waals surface area contributed by atoms with E-state index in [4.69, 9.17) is 0 Å². The van der Waals surface area contributed by atoms with Crippen molar-refractivity contribution in [3.05, 3.63) is 41.7 Å². The number of nitrogens with zero attached hydrogens (tertiary/aromatic N) is 5. The van der Waals surface area contributed by atoms with Crippen molar-refractivity contribution in [1.29, 1.82) is 0 Å². The summed E-state index contributed by atoms with van der Waals surface area (Å²) in [5.41, 5.74) is 2.85. The Labute approximate surface area is 184 Å². The van der Waals surface area contributed by atoms with E-state index in [9.17, 15) is 9.59 Å². The van der Waals surface area contributed by atoms with Gasteiger partial charge in [0.2, 0.25) is 5.91 Å². The molecule has 8 nitrogen and oxygen atoms in total. The van der Waals surface area contributed by atoms with Gasteiger partial charge in [-0.25, -0.2) is 4.09 Å². The van der Waals surface area contributed by atoms with Crippen molar-refractivity contribution in [2.24, 2.45) is 0 Å². The van der Waals surface area contributed by atoms with Gasteiger partial charge >= 0.3 is 0 Å². The van der Waals surface area contributed by atoms with Crippen LogP contribution in [0.4, 0.5) is 11.4 Å². The zero-order valence-electron chi connectivity index (χ0n) is 18.9. The van der Waals surface area contributed by atoms with Crippen LogP contribution in [0.5, 0.6) is 0 Å². The van der Waals surface area contributed by atoms with Gasteiger partial charge in [-0.3, -0.25) is 14.5 Å². The first-order valence-corrected chi connectivity index (χ1v) is 10.1. The number of hydrogen-bond donors (Lipinski definition) is 1. The van der Waals surface area contributed by atoms with Crippen LogP contribution in [0.3, 0.4) is 0 Å². The predicted octanol–water partition coefficient (Wildman–Crippen LogP) is 2.73. The van der Waals surface area contributed by atoms with Crippen LogP contribution in [0.15, 0.2) is 30.5 Å². The Morgan fingerprint density at radius 2 is 1.77 bits per heavy atom. The van der Waals surface area contributed by atoms with E-state index in [0.717, 1.165) is 23.5 Å². The molecule has 0 bridgehead atoms. The van der Waals surface area contributed by atoms with Crippen LogP contribution in [0.25, 0.3) is 0 Å². The summed E-state index contributed by atoms with van der Waals surface area (Å²) in [5.74, 6) is -0.193. The molecule has 30 heavy (non-hydrogen) atoms. The molecule has 0 spiro atoms. The first kappa shape index (κ1) is 25.7. The van der Waals surface area contributed by atoms with Gasteiger partial charge in [-0.15, -0.1) is 0 Å². The number of anilines is 2. The molecule has 0 aliphatic rings. The highest BCUT2D eigenvalue weighted by atomic mass is 32.1. The fraction of sp³-hybridized carbons (Fsp3) is 0.476. The zero-order chi connectivity index (χ0) is 22.8.